The molecule has 3 aromatic rings. The summed E-state index contributed by atoms with van der Waals surface area (Å²) in [5, 5.41) is 2.29. The zero-order valence-electron chi connectivity index (χ0n) is 22.8. The van der Waals surface area contributed by atoms with E-state index in [0.717, 1.165) is 28.6 Å². The zero-order valence-corrected chi connectivity index (χ0v) is 25.8. The van der Waals surface area contributed by atoms with Crippen LogP contribution in [0.2, 0.25) is 0 Å². The molecule has 0 unspecified atom stereocenters. The maximum atomic E-state index is 13.2. The van der Waals surface area contributed by atoms with Gasteiger partial charge >= 0.3 is 0 Å². The van der Waals surface area contributed by atoms with Crippen LogP contribution >= 0.6 is 34.4 Å². The van der Waals surface area contributed by atoms with Gasteiger partial charge in [-0.05, 0) is 94.7 Å². The van der Waals surface area contributed by atoms with Crippen molar-refractivity contribution in [2.75, 3.05) is 31.6 Å². The van der Waals surface area contributed by atoms with Crippen LogP contribution in [0.4, 0.5) is 10.5 Å². The fourth-order valence-corrected chi connectivity index (χ4v) is 6.28. The van der Waals surface area contributed by atoms with Gasteiger partial charge in [-0.1, -0.05) is 42.5 Å². The number of benzene rings is 3. The van der Waals surface area contributed by atoms with E-state index >= 15 is 0 Å². The van der Waals surface area contributed by atoms with Crippen LogP contribution in [0.5, 0.6) is 11.5 Å². The lowest BCUT2D eigenvalue weighted by molar-refractivity contribution is -0.136. The van der Waals surface area contributed by atoms with Crippen LogP contribution in [-0.2, 0) is 27.3 Å². The molecule has 11 heteroatoms. The SMILES string of the molecule is CCOc1cc(/C=C2\SC(=O)N(CC(=O)N3CCc4ccccc4C3)C2=O)cc(I)c1OCC(=O)Nc1ccccc1. The molecule has 2 heterocycles. The number of rotatable bonds is 9. The van der Waals surface area contributed by atoms with E-state index in [2.05, 4.69) is 34.0 Å². The molecule has 0 aromatic heterocycles. The molecule has 216 valence electrons. The molecule has 0 atom stereocenters. The average Bonchev–Trinajstić information content (AvgIpc) is 3.24. The van der Waals surface area contributed by atoms with Gasteiger partial charge in [0.1, 0.15) is 6.54 Å². The molecule has 0 radical (unpaired) electrons. The van der Waals surface area contributed by atoms with Gasteiger partial charge in [-0.25, -0.2) is 0 Å². The monoisotopic (exact) mass is 697 g/mol. The number of ether oxygens (including phenoxy) is 2. The second kappa shape index (κ2) is 13.4. The molecule has 2 aliphatic heterocycles. The van der Waals surface area contributed by atoms with E-state index in [-0.39, 0.29) is 29.9 Å². The van der Waals surface area contributed by atoms with Crippen LogP contribution in [-0.4, -0.2) is 59.1 Å². The smallest absolute Gasteiger partial charge is 0.294 e. The highest BCUT2D eigenvalue weighted by atomic mass is 127. The summed E-state index contributed by atoms with van der Waals surface area (Å²) in [6.45, 7) is 2.66. The molecule has 0 spiro atoms. The van der Waals surface area contributed by atoms with Gasteiger partial charge in [0.05, 0.1) is 15.1 Å². The van der Waals surface area contributed by atoms with Crippen LogP contribution in [0.1, 0.15) is 23.6 Å². The molecule has 9 nitrogen and oxygen atoms in total. The summed E-state index contributed by atoms with van der Waals surface area (Å²) in [5.74, 6) is -0.288. The highest BCUT2D eigenvalue weighted by Gasteiger charge is 2.37. The number of hydrogen-bond acceptors (Lipinski definition) is 7. The Morgan fingerprint density at radius 1 is 1.02 bits per heavy atom. The fraction of sp³-hybridized carbons (Fsp3) is 0.226. The van der Waals surface area contributed by atoms with Crippen LogP contribution in [0.25, 0.3) is 6.08 Å². The lowest BCUT2D eigenvalue weighted by Gasteiger charge is -2.29. The van der Waals surface area contributed by atoms with Gasteiger partial charge in [-0.15, -0.1) is 0 Å². The number of para-hydroxylation sites is 1. The number of halogens is 1. The van der Waals surface area contributed by atoms with E-state index in [1.54, 1.807) is 35.2 Å². The summed E-state index contributed by atoms with van der Waals surface area (Å²) in [4.78, 5) is 54.2. The number of fused-ring (bicyclic) bond motifs is 1. The molecule has 0 bridgehead atoms. The molecule has 2 aliphatic rings. The van der Waals surface area contributed by atoms with E-state index in [0.29, 0.717) is 46.0 Å². The molecule has 42 heavy (non-hydrogen) atoms. The van der Waals surface area contributed by atoms with Crippen molar-refractivity contribution in [3.05, 3.63) is 91.9 Å². The van der Waals surface area contributed by atoms with Crippen molar-refractivity contribution >= 4 is 69.1 Å². The maximum absolute atomic E-state index is 13.2. The number of carbonyl (C=O) groups excluding carboxylic acids is 4. The summed E-state index contributed by atoms with van der Waals surface area (Å²) in [7, 11) is 0. The summed E-state index contributed by atoms with van der Waals surface area (Å²) in [5.41, 5.74) is 3.57. The van der Waals surface area contributed by atoms with E-state index < -0.39 is 11.1 Å². The van der Waals surface area contributed by atoms with Crippen molar-refractivity contribution in [2.24, 2.45) is 0 Å². The molecule has 1 N–H and O–H groups in total. The first-order valence-electron chi connectivity index (χ1n) is 13.4. The van der Waals surface area contributed by atoms with Crippen LogP contribution in [0, 0.1) is 3.57 Å². The Morgan fingerprint density at radius 3 is 2.52 bits per heavy atom. The Morgan fingerprint density at radius 2 is 1.76 bits per heavy atom. The third-order valence-corrected chi connectivity index (χ3v) is 8.39. The van der Waals surface area contributed by atoms with Gasteiger partial charge in [0.2, 0.25) is 5.91 Å². The van der Waals surface area contributed by atoms with Crippen molar-refractivity contribution in [1.29, 1.82) is 0 Å². The molecule has 0 saturated carbocycles. The Kier molecular flexibility index (Phi) is 9.48. The Labute approximate surface area is 261 Å². The topological polar surface area (TPSA) is 105 Å². The predicted molar refractivity (Wildman–Crippen MR) is 169 cm³/mol. The third-order valence-electron chi connectivity index (χ3n) is 6.68. The van der Waals surface area contributed by atoms with E-state index in [4.69, 9.17) is 9.47 Å². The molecule has 0 aliphatic carbocycles. The summed E-state index contributed by atoms with van der Waals surface area (Å²) in [6.07, 6.45) is 2.34. The van der Waals surface area contributed by atoms with Gasteiger partial charge in [-0.3, -0.25) is 24.1 Å². The normalized spacial score (nSPS) is 15.5. The summed E-state index contributed by atoms with van der Waals surface area (Å²) in [6, 6.07) is 20.5. The minimum absolute atomic E-state index is 0.214. The molecule has 1 saturated heterocycles. The largest absolute Gasteiger partial charge is 0.490 e. The standard InChI is InChI=1S/C31H28IN3O6S/c1-2-40-25-15-20(14-24(32)29(25)41-19-27(36)33-23-10-4-3-5-11-23)16-26-30(38)35(31(39)42-26)18-28(37)34-13-12-21-8-6-7-9-22(21)17-34/h3-11,14-16H,2,12-13,17-19H2,1H3,(H,33,36)/b26-16-. The predicted octanol–water partition coefficient (Wildman–Crippen LogP) is 5.33. The maximum Gasteiger partial charge on any atom is 0.294 e. The molecular weight excluding hydrogens is 669 g/mol. The highest BCUT2D eigenvalue weighted by molar-refractivity contribution is 14.1. The van der Waals surface area contributed by atoms with Crippen molar-refractivity contribution in [1.82, 2.24) is 9.80 Å². The van der Waals surface area contributed by atoms with Gasteiger partial charge in [0.15, 0.2) is 18.1 Å². The highest BCUT2D eigenvalue weighted by Crippen LogP contribution is 2.37. The lowest BCUT2D eigenvalue weighted by Crippen LogP contribution is -2.44. The van der Waals surface area contributed by atoms with Gasteiger partial charge < -0.3 is 19.7 Å². The van der Waals surface area contributed by atoms with E-state index in [1.165, 1.54) is 5.56 Å². The first-order chi connectivity index (χ1) is 20.3. The number of amides is 4. The number of nitrogens with one attached hydrogen (secondary N) is 1. The lowest BCUT2D eigenvalue weighted by atomic mass is 10.00. The summed E-state index contributed by atoms with van der Waals surface area (Å²) < 4.78 is 12.3. The first kappa shape index (κ1) is 29.6. The fourth-order valence-electron chi connectivity index (χ4n) is 4.66. The summed E-state index contributed by atoms with van der Waals surface area (Å²) >= 11 is 2.88. The Hall–Kier alpha value is -3.84. The van der Waals surface area contributed by atoms with Crippen LogP contribution in [0.15, 0.2) is 71.6 Å². The molecule has 4 amide bonds. The van der Waals surface area contributed by atoms with Crippen molar-refractivity contribution in [3.8, 4) is 11.5 Å². The Bertz CT molecular complexity index is 1560. The van der Waals surface area contributed by atoms with Gasteiger partial charge in [0.25, 0.3) is 17.1 Å². The number of thioether (sulfide) groups is 1. The number of imide groups is 1. The molecule has 3 aromatic carbocycles. The van der Waals surface area contributed by atoms with Crippen LogP contribution in [0.3, 0.4) is 0 Å². The van der Waals surface area contributed by atoms with Crippen LogP contribution < -0.4 is 14.8 Å². The van der Waals surface area contributed by atoms with Crippen molar-refractivity contribution < 1.29 is 28.7 Å². The van der Waals surface area contributed by atoms with Gasteiger partial charge in [0, 0.05) is 18.8 Å². The van der Waals surface area contributed by atoms with E-state index in [9.17, 15) is 19.2 Å². The molecular formula is C31H28IN3O6S. The second-order valence-corrected chi connectivity index (χ2v) is 11.7. The number of hydrogen-bond donors (Lipinski definition) is 1. The van der Waals surface area contributed by atoms with Crippen molar-refractivity contribution in [2.45, 2.75) is 19.9 Å². The number of nitrogens with zero attached hydrogens (tertiary/aromatic N) is 2. The minimum atomic E-state index is -0.512. The second-order valence-electron chi connectivity index (χ2n) is 9.57. The van der Waals surface area contributed by atoms with Crippen molar-refractivity contribution in [3.63, 3.8) is 0 Å². The average molecular weight is 698 g/mol. The zero-order chi connectivity index (χ0) is 29.6. The molecule has 5 rings (SSSR count). The third kappa shape index (κ3) is 6.96. The number of carbonyl (C=O) groups is 4. The van der Waals surface area contributed by atoms with Gasteiger partial charge in [-0.2, -0.15) is 0 Å². The Balaban J connectivity index is 1.26. The minimum Gasteiger partial charge on any atom is -0.490 e. The first-order valence-corrected chi connectivity index (χ1v) is 15.3. The number of anilines is 1. The quantitative estimate of drug-likeness (QED) is 0.238. The molecule has 1 fully saturated rings. The van der Waals surface area contributed by atoms with E-state index in [1.807, 2.05) is 43.3 Å².